The number of carbonyl (C=O) groups excluding carboxylic acids is 1. The zero-order chi connectivity index (χ0) is 16.1. The average Bonchev–Trinajstić information content (AvgIpc) is 2.47. The van der Waals surface area contributed by atoms with Crippen molar-refractivity contribution in [3.8, 4) is 5.75 Å². The predicted molar refractivity (Wildman–Crippen MR) is 88.4 cm³/mol. The van der Waals surface area contributed by atoms with Crippen LogP contribution in [0.5, 0.6) is 5.75 Å². The molecule has 114 valence electrons. The molecule has 0 unspecified atom stereocenters. The quantitative estimate of drug-likeness (QED) is 0.455. The van der Waals surface area contributed by atoms with E-state index in [1.54, 1.807) is 24.3 Å². The van der Waals surface area contributed by atoms with Crippen LogP contribution in [0.2, 0.25) is 10.0 Å². The summed E-state index contributed by atoms with van der Waals surface area (Å²) in [5.41, 5.74) is 9.52. The number of nitrogens with zero attached hydrogens (tertiary/aromatic N) is 1. The average molecular weight is 338 g/mol. The third-order valence-corrected chi connectivity index (χ3v) is 3.57. The van der Waals surface area contributed by atoms with Crippen molar-refractivity contribution in [1.82, 2.24) is 5.43 Å². The number of aromatic hydroxyl groups is 1. The van der Waals surface area contributed by atoms with Gasteiger partial charge in [-0.1, -0.05) is 35.3 Å². The molecule has 0 fully saturated rings. The normalized spacial score (nSPS) is 10.8. The van der Waals surface area contributed by atoms with E-state index in [9.17, 15) is 9.90 Å². The second kappa shape index (κ2) is 7.15. The predicted octanol–water partition coefficient (Wildman–Crippen LogP) is 2.97. The van der Waals surface area contributed by atoms with Crippen LogP contribution in [0.1, 0.15) is 11.1 Å². The minimum absolute atomic E-state index is 0.0874. The van der Waals surface area contributed by atoms with Gasteiger partial charge in [0.05, 0.1) is 28.4 Å². The van der Waals surface area contributed by atoms with Gasteiger partial charge in [-0.15, -0.1) is 0 Å². The van der Waals surface area contributed by atoms with Crippen molar-refractivity contribution in [3.05, 3.63) is 57.6 Å². The number of hydrogen-bond acceptors (Lipinski definition) is 4. The molecule has 5 nitrogen and oxygen atoms in total. The maximum absolute atomic E-state index is 11.8. The Hall–Kier alpha value is -2.24. The highest BCUT2D eigenvalue weighted by Gasteiger charge is 2.07. The lowest BCUT2D eigenvalue weighted by molar-refractivity contribution is -0.120. The first-order valence-electron chi connectivity index (χ1n) is 6.30. The maximum atomic E-state index is 11.8. The second-order valence-corrected chi connectivity index (χ2v) is 5.29. The van der Waals surface area contributed by atoms with Crippen molar-refractivity contribution >= 4 is 41.0 Å². The van der Waals surface area contributed by atoms with Crippen LogP contribution in [0.25, 0.3) is 0 Å². The van der Waals surface area contributed by atoms with Crippen LogP contribution in [-0.4, -0.2) is 17.2 Å². The van der Waals surface area contributed by atoms with E-state index < -0.39 is 0 Å². The van der Waals surface area contributed by atoms with E-state index in [0.29, 0.717) is 21.8 Å². The highest BCUT2D eigenvalue weighted by molar-refractivity contribution is 6.40. The van der Waals surface area contributed by atoms with Gasteiger partial charge in [0.1, 0.15) is 5.75 Å². The lowest BCUT2D eigenvalue weighted by atomic mass is 10.1. The molecule has 0 aliphatic rings. The highest BCUT2D eigenvalue weighted by atomic mass is 35.5. The molecule has 0 spiro atoms. The first-order chi connectivity index (χ1) is 10.5. The summed E-state index contributed by atoms with van der Waals surface area (Å²) in [5.74, 6) is -0.231. The number of phenols is 1. The third kappa shape index (κ3) is 4.13. The second-order valence-electron chi connectivity index (χ2n) is 4.50. The number of phenolic OH excluding ortho intramolecular Hbond substituents is 1. The molecule has 0 bridgehead atoms. The molecule has 0 heterocycles. The first kappa shape index (κ1) is 16.1. The molecule has 7 heteroatoms. The molecular weight excluding hydrogens is 325 g/mol. The van der Waals surface area contributed by atoms with Crippen LogP contribution >= 0.6 is 23.2 Å². The van der Waals surface area contributed by atoms with Crippen molar-refractivity contribution in [2.45, 2.75) is 6.42 Å². The van der Waals surface area contributed by atoms with E-state index in [1.807, 2.05) is 0 Å². The minimum Gasteiger partial charge on any atom is -0.508 e. The number of hydrogen-bond donors (Lipinski definition) is 3. The fourth-order valence-electron chi connectivity index (χ4n) is 1.76. The summed E-state index contributed by atoms with van der Waals surface area (Å²) >= 11 is 12.0. The zero-order valence-corrected chi connectivity index (χ0v) is 12.9. The van der Waals surface area contributed by atoms with Gasteiger partial charge in [-0.2, -0.15) is 5.10 Å². The smallest absolute Gasteiger partial charge is 0.244 e. The highest BCUT2D eigenvalue weighted by Crippen LogP contribution is 2.28. The Balaban J connectivity index is 2.01. The van der Waals surface area contributed by atoms with E-state index in [1.165, 1.54) is 18.3 Å². The number of amides is 1. The molecule has 0 atom stereocenters. The standard InChI is InChI=1S/C15H13Cl2N3O2/c16-12-4-5-13(18)15(17)11(12)8-19-20-14(22)7-9-2-1-3-10(21)6-9/h1-6,8,21H,7,18H2,(H,20,22)/b19-8+. The van der Waals surface area contributed by atoms with Crippen molar-refractivity contribution < 1.29 is 9.90 Å². The number of hydrazone groups is 1. The lowest BCUT2D eigenvalue weighted by Crippen LogP contribution is -2.19. The van der Waals surface area contributed by atoms with E-state index in [2.05, 4.69) is 10.5 Å². The zero-order valence-electron chi connectivity index (χ0n) is 11.4. The molecule has 0 radical (unpaired) electrons. The van der Waals surface area contributed by atoms with Gasteiger partial charge in [0, 0.05) is 5.56 Å². The largest absolute Gasteiger partial charge is 0.508 e. The van der Waals surface area contributed by atoms with Gasteiger partial charge in [0.25, 0.3) is 0 Å². The summed E-state index contributed by atoms with van der Waals surface area (Å²) in [6.45, 7) is 0. The van der Waals surface area contributed by atoms with Crippen LogP contribution in [0.3, 0.4) is 0 Å². The van der Waals surface area contributed by atoms with Gasteiger partial charge in [-0.05, 0) is 29.8 Å². The molecule has 2 rings (SSSR count). The molecule has 4 N–H and O–H groups in total. The van der Waals surface area contributed by atoms with Crippen LogP contribution in [-0.2, 0) is 11.2 Å². The third-order valence-electron chi connectivity index (χ3n) is 2.81. The number of halogens is 2. The first-order valence-corrected chi connectivity index (χ1v) is 7.06. The van der Waals surface area contributed by atoms with Crippen molar-refractivity contribution in [1.29, 1.82) is 0 Å². The lowest BCUT2D eigenvalue weighted by Gasteiger charge is -2.04. The van der Waals surface area contributed by atoms with Crippen molar-refractivity contribution in [3.63, 3.8) is 0 Å². The summed E-state index contributed by atoms with van der Waals surface area (Å²) in [4.78, 5) is 11.8. The molecule has 2 aromatic carbocycles. The number of anilines is 1. The van der Waals surface area contributed by atoms with Crippen LogP contribution in [0.4, 0.5) is 5.69 Å². The van der Waals surface area contributed by atoms with Gasteiger partial charge in [0.15, 0.2) is 0 Å². The molecule has 2 aromatic rings. The van der Waals surface area contributed by atoms with Crippen LogP contribution < -0.4 is 11.2 Å². The molecule has 1 amide bonds. The number of carbonyl (C=O) groups is 1. The van der Waals surface area contributed by atoms with E-state index >= 15 is 0 Å². The van der Waals surface area contributed by atoms with Crippen molar-refractivity contribution in [2.24, 2.45) is 5.10 Å². The summed E-state index contributed by atoms with van der Waals surface area (Å²) in [7, 11) is 0. The van der Waals surface area contributed by atoms with Gasteiger partial charge < -0.3 is 10.8 Å². The number of nitrogens with one attached hydrogen (secondary N) is 1. The summed E-state index contributed by atoms with van der Waals surface area (Å²) in [5, 5.41) is 13.8. The topological polar surface area (TPSA) is 87.7 Å². The summed E-state index contributed by atoms with van der Waals surface area (Å²) < 4.78 is 0. The number of benzene rings is 2. The Kier molecular flexibility index (Phi) is 5.25. The Morgan fingerprint density at radius 2 is 2.09 bits per heavy atom. The van der Waals surface area contributed by atoms with E-state index in [4.69, 9.17) is 28.9 Å². The van der Waals surface area contributed by atoms with E-state index in [0.717, 1.165) is 0 Å². The summed E-state index contributed by atoms with van der Waals surface area (Å²) in [6, 6.07) is 9.61. The maximum Gasteiger partial charge on any atom is 0.244 e. The Labute approximate surface area is 137 Å². The Morgan fingerprint density at radius 3 is 2.82 bits per heavy atom. The Bertz CT molecular complexity index is 733. The monoisotopic (exact) mass is 337 g/mol. The SMILES string of the molecule is Nc1ccc(Cl)c(/C=N/NC(=O)Cc2cccc(O)c2)c1Cl. The number of nitrogen functional groups attached to an aromatic ring is 1. The van der Waals surface area contributed by atoms with Crippen LogP contribution in [0.15, 0.2) is 41.5 Å². The molecule has 0 aliphatic heterocycles. The molecule has 0 aliphatic carbocycles. The van der Waals surface area contributed by atoms with Gasteiger partial charge in [-0.3, -0.25) is 4.79 Å². The summed E-state index contributed by atoms with van der Waals surface area (Å²) in [6.07, 6.45) is 1.42. The van der Waals surface area contributed by atoms with Crippen LogP contribution in [0, 0.1) is 0 Å². The number of nitrogens with two attached hydrogens (primary N) is 1. The van der Waals surface area contributed by atoms with Gasteiger partial charge >= 0.3 is 0 Å². The molecule has 22 heavy (non-hydrogen) atoms. The van der Waals surface area contributed by atoms with E-state index in [-0.39, 0.29) is 23.1 Å². The molecule has 0 saturated carbocycles. The molecule has 0 aromatic heterocycles. The number of rotatable bonds is 4. The fraction of sp³-hybridized carbons (Fsp3) is 0.0667. The van der Waals surface area contributed by atoms with Crippen molar-refractivity contribution in [2.75, 3.05) is 5.73 Å². The minimum atomic E-state index is -0.335. The molecular formula is C15H13Cl2N3O2. The fourth-order valence-corrected chi connectivity index (χ4v) is 2.23. The van der Waals surface area contributed by atoms with Gasteiger partial charge in [0.2, 0.25) is 5.91 Å². The Morgan fingerprint density at radius 1 is 1.32 bits per heavy atom. The van der Waals surface area contributed by atoms with Gasteiger partial charge in [-0.25, -0.2) is 5.43 Å². The molecule has 0 saturated heterocycles.